The van der Waals surface area contributed by atoms with E-state index in [1.165, 1.54) is 6.07 Å². The smallest absolute Gasteiger partial charge is 0.258 e. The van der Waals surface area contributed by atoms with Gasteiger partial charge in [-0.25, -0.2) is 0 Å². The molecule has 0 radical (unpaired) electrons. The third kappa shape index (κ3) is 2.67. The molecule has 1 atom stereocenters. The molecule has 4 nitrogen and oxygen atoms in total. The highest BCUT2D eigenvalue weighted by Crippen LogP contribution is 2.19. The topological polar surface area (TPSA) is 56.0 Å². The van der Waals surface area contributed by atoms with Crippen molar-refractivity contribution >= 4 is 17.3 Å². The molecule has 0 N–H and O–H groups in total. The van der Waals surface area contributed by atoms with E-state index in [1.807, 2.05) is 0 Å². The summed E-state index contributed by atoms with van der Waals surface area (Å²) in [7, 11) is 0. The average Bonchev–Trinajstić information content (AvgIpc) is 2.01. The summed E-state index contributed by atoms with van der Waals surface area (Å²) in [5, 5.41) is 10.5. The molecule has 0 aliphatic carbocycles. The second-order valence-electron chi connectivity index (χ2n) is 3.16. The van der Waals surface area contributed by atoms with Gasteiger partial charge in [0.1, 0.15) is 5.69 Å². The van der Waals surface area contributed by atoms with Gasteiger partial charge >= 0.3 is 0 Å². The predicted molar refractivity (Wildman–Crippen MR) is 54.6 cm³/mol. The number of aromatic nitrogens is 1. The molecule has 1 aromatic rings. The molecule has 76 valence electrons. The third-order valence-electron chi connectivity index (χ3n) is 1.76. The van der Waals surface area contributed by atoms with Crippen LogP contribution < -0.4 is 0 Å². The number of alkyl halides is 1. The van der Waals surface area contributed by atoms with Gasteiger partial charge in [0.2, 0.25) is 0 Å². The highest BCUT2D eigenvalue weighted by atomic mass is 35.5. The van der Waals surface area contributed by atoms with Gasteiger partial charge in [-0.05, 0) is 19.9 Å². The molecule has 0 saturated heterocycles. The molecular weight excluding hydrogens is 204 g/mol. The van der Waals surface area contributed by atoms with Gasteiger partial charge in [0.15, 0.2) is 0 Å². The van der Waals surface area contributed by atoms with Crippen molar-refractivity contribution in [1.29, 1.82) is 0 Å². The molecule has 5 heteroatoms. The van der Waals surface area contributed by atoms with Crippen LogP contribution in [0.25, 0.3) is 0 Å². The van der Waals surface area contributed by atoms with Crippen LogP contribution in [0.3, 0.4) is 0 Å². The van der Waals surface area contributed by atoms with E-state index >= 15 is 0 Å². The van der Waals surface area contributed by atoms with Crippen LogP contribution in [0, 0.1) is 17.0 Å². The largest absolute Gasteiger partial charge is 0.290 e. The molecule has 0 bridgehead atoms. The number of nitrogens with zero attached hydrogens (tertiary/aromatic N) is 2. The molecule has 1 unspecified atom stereocenters. The Morgan fingerprint density at radius 1 is 1.64 bits per heavy atom. The number of pyridine rings is 1. The maximum atomic E-state index is 10.6. The van der Waals surface area contributed by atoms with Gasteiger partial charge in [-0.3, -0.25) is 15.1 Å². The van der Waals surface area contributed by atoms with Crippen LogP contribution in [-0.2, 0) is 6.42 Å². The molecule has 1 heterocycles. The lowest BCUT2D eigenvalue weighted by Gasteiger charge is -2.04. The molecule has 0 spiro atoms. The van der Waals surface area contributed by atoms with Crippen LogP contribution in [0.15, 0.2) is 12.1 Å². The van der Waals surface area contributed by atoms with E-state index < -0.39 is 4.92 Å². The third-order valence-corrected chi connectivity index (χ3v) is 1.92. The summed E-state index contributed by atoms with van der Waals surface area (Å²) < 4.78 is 0. The standard InChI is InChI=1S/C9H11ClN2O2/c1-6(10)5-8-9(12(13)14)4-3-7(2)11-8/h3-4,6H,5H2,1-2H3. The van der Waals surface area contributed by atoms with Gasteiger partial charge in [-0.1, -0.05) is 0 Å². The Bertz CT molecular complexity index is 353. The van der Waals surface area contributed by atoms with Crippen molar-refractivity contribution in [2.75, 3.05) is 0 Å². The van der Waals surface area contributed by atoms with Crippen LogP contribution in [0.2, 0.25) is 0 Å². The zero-order chi connectivity index (χ0) is 10.7. The first-order chi connectivity index (χ1) is 6.50. The molecule has 0 aromatic carbocycles. The molecule has 0 aliphatic rings. The maximum absolute atomic E-state index is 10.6. The summed E-state index contributed by atoms with van der Waals surface area (Å²) in [5.74, 6) is 0. The first-order valence-corrected chi connectivity index (χ1v) is 4.69. The van der Waals surface area contributed by atoms with Crippen molar-refractivity contribution in [3.63, 3.8) is 0 Å². The van der Waals surface area contributed by atoms with Crippen molar-refractivity contribution in [2.45, 2.75) is 25.6 Å². The van der Waals surface area contributed by atoms with Gasteiger partial charge in [0.25, 0.3) is 5.69 Å². The number of halogens is 1. The molecule has 0 aliphatic heterocycles. The lowest BCUT2D eigenvalue weighted by atomic mass is 10.2. The average molecular weight is 215 g/mol. The number of nitro groups is 1. The number of aryl methyl sites for hydroxylation is 1. The summed E-state index contributed by atoms with van der Waals surface area (Å²) in [6.07, 6.45) is 0.416. The lowest BCUT2D eigenvalue weighted by molar-refractivity contribution is -0.385. The minimum atomic E-state index is -0.430. The molecular formula is C9H11ClN2O2. The fourth-order valence-corrected chi connectivity index (χ4v) is 1.33. The minimum Gasteiger partial charge on any atom is -0.258 e. The fourth-order valence-electron chi connectivity index (χ4n) is 1.19. The second-order valence-corrected chi connectivity index (χ2v) is 3.91. The first kappa shape index (κ1) is 10.9. The zero-order valence-electron chi connectivity index (χ0n) is 8.03. The van der Waals surface area contributed by atoms with E-state index in [1.54, 1.807) is 19.9 Å². The van der Waals surface area contributed by atoms with Gasteiger partial charge in [-0.15, -0.1) is 11.6 Å². The van der Waals surface area contributed by atoms with Crippen molar-refractivity contribution in [2.24, 2.45) is 0 Å². The second kappa shape index (κ2) is 4.37. The minimum absolute atomic E-state index is 0.0445. The van der Waals surface area contributed by atoms with Crippen LogP contribution in [0.5, 0.6) is 0 Å². The Hall–Kier alpha value is -1.16. The van der Waals surface area contributed by atoms with Crippen LogP contribution in [0.4, 0.5) is 5.69 Å². The van der Waals surface area contributed by atoms with Gasteiger partial charge in [-0.2, -0.15) is 0 Å². The SMILES string of the molecule is Cc1ccc([N+](=O)[O-])c(CC(C)Cl)n1. The molecule has 0 amide bonds. The van der Waals surface area contributed by atoms with Crippen LogP contribution >= 0.6 is 11.6 Å². The molecule has 14 heavy (non-hydrogen) atoms. The number of hydrogen-bond acceptors (Lipinski definition) is 3. The van der Waals surface area contributed by atoms with E-state index in [0.29, 0.717) is 12.1 Å². The van der Waals surface area contributed by atoms with E-state index in [4.69, 9.17) is 11.6 Å². The summed E-state index contributed by atoms with van der Waals surface area (Å²) in [6.45, 7) is 3.58. The normalized spacial score (nSPS) is 12.5. The summed E-state index contributed by atoms with van der Waals surface area (Å²) in [5.41, 5.74) is 1.27. The van der Waals surface area contributed by atoms with Crippen molar-refractivity contribution in [3.05, 3.63) is 33.6 Å². The Morgan fingerprint density at radius 2 is 2.29 bits per heavy atom. The molecule has 1 aromatic heterocycles. The zero-order valence-corrected chi connectivity index (χ0v) is 8.78. The Balaban J connectivity index is 3.09. The first-order valence-electron chi connectivity index (χ1n) is 4.25. The summed E-state index contributed by atoms with van der Waals surface area (Å²) in [4.78, 5) is 14.3. The Labute approximate surface area is 87.1 Å². The fraction of sp³-hybridized carbons (Fsp3) is 0.444. The molecule has 0 saturated carbocycles. The van der Waals surface area contributed by atoms with Gasteiger partial charge in [0, 0.05) is 23.6 Å². The van der Waals surface area contributed by atoms with E-state index in [0.717, 1.165) is 5.69 Å². The monoisotopic (exact) mass is 214 g/mol. The van der Waals surface area contributed by atoms with Crippen LogP contribution in [-0.4, -0.2) is 15.3 Å². The highest BCUT2D eigenvalue weighted by Gasteiger charge is 2.16. The summed E-state index contributed by atoms with van der Waals surface area (Å²) >= 11 is 5.78. The molecule has 1 rings (SSSR count). The number of rotatable bonds is 3. The maximum Gasteiger partial charge on any atom is 0.290 e. The lowest BCUT2D eigenvalue weighted by Crippen LogP contribution is -2.05. The van der Waals surface area contributed by atoms with Gasteiger partial charge < -0.3 is 0 Å². The molecule has 0 fully saturated rings. The summed E-state index contributed by atoms with van der Waals surface area (Å²) in [6, 6.07) is 3.09. The van der Waals surface area contributed by atoms with E-state index in [9.17, 15) is 10.1 Å². The van der Waals surface area contributed by atoms with Crippen LogP contribution in [0.1, 0.15) is 18.3 Å². The van der Waals surface area contributed by atoms with Crippen molar-refractivity contribution in [3.8, 4) is 0 Å². The predicted octanol–water partition coefficient (Wildman–Crippen LogP) is 2.47. The van der Waals surface area contributed by atoms with E-state index in [-0.39, 0.29) is 11.1 Å². The Kier molecular flexibility index (Phi) is 3.41. The highest BCUT2D eigenvalue weighted by molar-refractivity contribution is 6.20. The van der Waals surface area contributed by atoms with E-state index in [2.05, 4.69) is 4.98 Å². The Morgan fingerprint density at radius 3 is 2.79 bits per heavy atom. The van der Waals surface area contributed by atoms with Crippen molar-refractivity contribution in [1.82, 2.24) is 4.98 Å². The quantitative estimate of drug-likeness (QED) is 0.441. The van der Waals surface area contributed by atoms with Gasteiger partial charge in [0.05, 0.1) is 4.92 Å². The van der Waals surface area contributed by atoms with Crippen molar-refractivity contribution < 1.29 is 4.92 Å². The number of hydrogen-bond donors (Lipinski definition) is 0.